The first kappa shape index (κ1) is 19.0. The van der Waals surface area contributed by atoms with Crippen LogP contribution in [0.15, 0.2) is 47.6 Å². The second-order valence-corrected chi connectivity index (χ2v) is 7.05. The highest BCUT2D eigenvalue weighted by molar-refractivity contribution is 6.36. The van der Waals surface area contributed by atoms with E-state index in [1.165, 1.54) is 6.08 Å². The maximum Gasteiger partial charge on any atom is 0.266 e. The molecule has 0 radical (unpaired) electrons. The molecule has 1 heterocycles. The van der Waals surface area contributed by atoms with Crippen LogP contribution in [0.25, 0.3) is 6.08 Å². The summed E-state index contributed by atoms with van der Waals surface area (Å²) in [5.41, 5.74) is 3.94. The quantitative estimate of drug-likeness (QED) is 0.550. The van der Waals surface area contributed by atoms with Crippen LogP contribution in [0.3, 0.4) is 0 Å². The van der Waals surface area contributed by atoms with E-state index < -0.39 is 5.91 Å². The second kappa shape index (κ2) is 7.87. The smallest absolute Gasteiger partial charge is 0.266 e. The highest BCUT2D eigenvalue weighted by Crippen LogP contribution is 2.36. The Bertz CT molecular complexity index is 1010. The number of para-hydroxylation sites is 1. The number of hydrogen-bond donors (Lipinski definition) is 1. The minimum absolute atomic E-state index is 0.0101. The Hall–Kier alpha value is -2.74. The minimum atomic E-state index is -0.467. The fourth-order valence-corrected chi connectivity index (χ4v) is 3.41. The lowest BCUT2D eigenvalue weighted by Crippen LogP contribution is -2.16. The summed E-state index contributed by atoms with van der Waals surface area (Å²) < 4.78 is 5.66. The Kier molecular flexibility index (Phi) is 5.55. The van der Waals surface area contributed by atoms with Gasteiger partial charge in [-0.25, -0.2) is 0 Å². The summed E-state index contributed by atoms with van der Waals surface area (Å²) in [6.07, 6.45) is 3.32. The zero-order chi connectivity index (χ0) is 19.6. The summed E-state index contributed by atoms with van der Waals surface area (Å²) >= 11 is 12.2. The number of carbonyl (C=O) groups excluding carboxylic acids is 1. The average molecular weight is 399 g/mol. The lowest BCUT2D eigenvalue weighted by atomic mass is 10.0. The summed E-state index contributed by atoms with van der Waals surface area (Å²) in [6, 6.07) is 11.0. The van der Waals surface area contributed by atoms with E-state index >= 15 is 0 Å². The molecule has 136 valence electrons. The summed E-state index contributed by atoms with van der Waals surface area (Å²) in [5.74, 6) is 0.0717. The van der Waals surface area contributed by atoms with Crippen LogP contribution in [-0.2, 0) is 4.79 Å². The highest BCUT2D eigenvalue weighted by Gasteiger charge is 2.17. The van der Waals surface area contributed by atoms with E-state index in [0.717, 1.165) is 11.1 Å². The first-order valence-electron chi connectivity index (χ1n) is 8.21. The number of benzene rings is 2. The molecule has 0 saturated carbocycles. The molecule has 6 heteroatoms. The fourth-order valence-electron chi connectivity index (χ4n) is 2.85. The number of anilines is 1. The normalized spacial score (nSPS) is 13.1. The van der Waals surface area contributed by atoms with E-state index in [1.807, 2.05) is 38.1 Å². The number of nitriles is 1. The third kappa shape index (κ3) is 4.16. The van der Waals surface area contributed by atoms with Crippen LogP contribution >= 0.6 is 23.2 Å². The van der Waals surface area contributed by atoms with Gasteiger partial charge in [-0.15, -0.1) is 0 Å². The standard InChI is InChI=1S/C21H16Cl2N2O2/c1-12-4-3-5-13(2)19(12)25-21(26)16(10-24)7-14-6-15-8-17(22)9-18(23)20(15)27-11-14/h3-9H,11H2,1-2H3,(H,25,26). The van der Waals surface area contributed by atoms with Gasteiger partial charge in [-0.2, -0.15) is 5.26 Å². The molecule has 0 spiro atoms. The van der Waals surface area contributed by atoms with Crippen LogP contribution in [0.4, 0.5) is 5.69 Å². The number of carbonyl (C=O) groups is 1. The van der Waals surface area contributed by atoms with Crippen molar-refractivity contribution in [2.45, 2.75) is 13.8 Å². The Morgan fingerprint density at radius 3 is 2.63 bits per heavy atom. The summed E-state index contributed by atoms with van der Waals surface area (Å²) in [5, 5.41) is 13.2. The SMILES string of the molecule is Cc1cccc(C)c1NC(=O)C(C#N)=CC1=Cc2cc(Cl)cc(Cl)c2OC1. The van der Waals surface area contributed by atoms with Gasteiger partial charge in [0.15, 0.2) is 0 Å². The van der Waals surface area contributed by atoms with E-state index in [1.54, 1.807) is 18.2 Å². The molecule has 2 aromatic rings. The largest absolute Gasteiger partial charge is 0.487 e. The van der Waals surface area contributed by atoms with Crippen molar-refractivity contribution in [3.8, 4) is 11.8 Å². The summed E-state index contributed by atoms with van der Waals surface area (Å²) in [7, 11) is 0. The molecular formula is C21H16Cl2N2O2. The van der Waals surface area contributed by atoms with Crippen molar-refractivity contribution in [3.05, 3.63) is 74.3 Å². The molecule has 0 unspecified atom stereocenters. The van der Waals surface area contributed by atoms with Gasteiger partial charge in [0.25, 0.3) is 5.91 Å². The van der Waals surface area contributed by atoms with Crippen LogP contribution in [0, 0.1) is 25.2 Å². The predicted molar refractivity (Wildman–Crippen MR) is 108 cm³/mol. The highest BCUT2D eigenvalue weighted by atomic mass is 35.5. The van der Waals surface area contributed by atoms with E-state index in [2.05, 4.69) is 5.32 Å². The van der Waals surface area contributed by atoms with Crippen molar-refractivity contribution in [3.63, 3.8) is 0 Å². The molecule has 2 aromatic carbocycles. The van der Waals surface area contributed by atoms with E-state index in [-0.39, 0.29) is 12.2 Å². The van der Waals surface area contributed by atoms with Crippen LogP contribution in [0.2, 0.25) is 10.0 Å². The molecule has 3 rings (SSSR count). The molecule has 1 aliphatic rings. The van der Waals surface area contributed by atoms with Gasteiger partial charge in [-0.05, 0) is 54.8 Å². The van der Waals surface area contributed by atoms with Gasteiger partial charge in [-0.3, -0.25) is 4.79 Å². The van der Waals surface area contributed by atoms with Gasteiger partial charge in [0.05, 0.1) is 5.02 Å². The molecule has 0 aromatic heterocycles. The molecule has 27 heavy (non-hydrogen) atoms. The van der Waals surface area contributed by atoms with Crippen molar-refractivity contribution in [2.75, 3.05) is 11.9 Å². The molecule has 0 saturated heterocycles. The maximum atomic E-state index is 12.6. The molecule has 0 fully saturated rings. The topological polar surface area (TPSA) is 62.1 Å². The zero-order valence-electron chi connectivity index (χ0n) is 14.8. The van der Waals surface area contributed by atoms with E-state index in [9.17, 15) is 10.1 Å². The molecule has 0 aliphatic carbocycles. The number of hydrogen-bond acceptors (Lipinski definition) is 3. The maximum absolute atomic E-state index is 12.6. The number of rotatable bonds is 3. The van der Waals surface area contributed by atoms with Gasteiger partial charge < -0.3 is 10.1 Å². The molecule has 0 atom stereocenters. The van der Waals surface area contributed by atoms with Crippen molar-refractivity contribution in [2.24, 2.45) is 0 Å². The zero-order valence-corrected chi connectivity index (χ0v) is 16.3. The van der Waals surface area contributed by atoms with Gasteiger partial charge in [0.1, 0.15) is 24.0 Å². The number of amides is 1. The first-order valence-corrected chi connectivity index (χ1v) is 8.96. The molecule has 1 N–H and O–H groups in total. The lowest BCUT2D eigenvalue weighted by Gasteiger charge is -2.18. The Labute approximate surface area is 167 Å². The van der Waals surface area contributed by atoms with Crippen molar-refractivity contribution in [1.29, 1.82) is 5.26 Å². The third-order valence-corrected chi connectivity index (χ3v) is 4.67. The van der Waals surface area contributed by atoms with Gasteiger partial charge in [0, 0.05) is 16.3 Å². The first-order chi connectivity index (χ1) is 12.9. The van der Waals surface area contributed by atoms with Crippen molar-refractivity contribution >= 4 is 40.9 Å². The lowest BCUT2D eigenvalue weighted by molar-refractivity contribution is -0.112. The molecule has 1 aliphatic heterocycles. The second-order valence-electron chi connectivity index (χ2n) is 6.20. The molecular weight excluding hydrogens is 383 g/mol. The number of fused-ring (bicyclic) bond motifs is 1. The Morgan fingerprint density at radius 2 is 1.96 bits per heavy atom. The number of halogens is 2. The fraction of sp³-hybridized carbons (Fsp3) is 0.143. The van der Waals surface area contributed by atoms with Crippen LogP contribution < -0.4 is 10.1 Å². The minimum Gasteiger partial charge on any atom is -0.487 e. The molecule has 0 bridgehead atoms. The summed E-state index contributed by atoms with van der Waals surface area (Å²) in [4.78, 5) is 12.6. The molecule has 4 nitrogen and oxygen atoms in total. The van der Waals surface area contributed by atoms with Crippen LogP contribution in [0.5, 0.6) is 5.75 Å². The number of ether oxygens (including phenoxy) is 1. The summed E-state index contributed by atoms with van der Waals surface area (Å²) in [6.45, 7) is 4.01. The van der Waals surface area contributed by atoms with Gasteiger partial charge in [-0.1, -0.05) is 41.4 Å². The molecule has 1 amide bonds. The van der Waals surface area contributed by atoms with Gasteiger partial charge >= 0.3 is 0 Å². The average Bonchev–Trinajstić information content (AvgIpc) is 2.62. The van der Waals surface area contributed by atoms with E-state index in [0.29, 0.717) is 32.6 Å². The number of aryl methyl sites for hydroxylation is 2. The van der Waals surface area contributed by atoms with Crippen molar-refractivity contribution < 1.29 is 9.53 Å². The van der Waals surface area contributed by atoms with Crippen LogP contribution in [0.1, 0.15) is 16.7 Å². The number of nitrogens with one attached hydrogen (secondary N) is 1. The number of nitrogens with zero attached hydrogens (tertiary/aromatic N) is 1. The Morgan fingerprint density at radius 1 is 1.26 bits per heavy atom. The van der Waals surface area contributed by atoms with Crippen LogP contribution in [-0.4, -0.2) is 12.5 Å². The van der Waals surface area contributed by atoms with Crippen molar-refractivity contribution in [1.82, 2.24) is 0 Å². The Balaban J connectivity index is 1.89. The van der Waals surface area contributed by atoms with E-state index in [4.69, 9.17) is 27.9 Å². The van der Waals surface area contributed by atoms with Gasteiger partial charge in [0.2, 0.25) is 0 Å². The predicted octanol–water partition coefficient (Wildman–Crippen LogP) is 5.47. The third-order valence-electron chi connectivity index (χ3n) is 4.18. The monoisotopic (exact) mass is 398 g/mol.